The van der Waals surface area contributed by atoms with Gasteiger partial charge >= 0.3 is 12.1 Å². The molecular formula is C17H25F3N4O4. The Bertz CT molecular complexity index is 680. The van der Waals surface area contributed by atoms with E-state index in [0.717, 1.165) is 32.5 Å². The van der Waals surface area contributed by atoms with Gasteiger partial charge in [-0.2, -0.15) is 18.3 Å². The minimum atomic E-state index is -5.08. The molecule has 1 aromatic rings. The first-order valence-electron chi connectivity index (χ1n) is 8.93. The number of carboxylic acid groups (broad SMARTS) is 1. The molecule has 2 atom stereocenters. The molecule has 0 bridgehead atoms. The van der Waals surface area contributed by atoms with E-state index in [1.54, 1.807) is 7.11 Å². The second-order valence-corrected chi connectivity index (χ2v) is 6.84. The molecule has 0 saturated carbocycles. The van der Waals surface area contributed by atoms with Crippen molar-refractivity contribution in [2.45, 2.75) is 44.1 Å². The lowest BCUT2D eigenvalue weighted by Gasteiger charge is -2.39. The molecule has 158 valence electrons. The summed E-state index contributed by atoms with van der Waals surface area (Å²) in [4.78, 5) is 25.6. The predicted molar refractivity (Wildman–Crippen MR) is 92.3 cm³/mol. The summed E-state index contributed by atoms with van der Waals surface area (Å²) in [6.07, 6.45) is 1.63. The third-order valence-electron chi connectivity index (χ3n) is 4.92. The Hall–Kier alpha value is -2.14. The summed E-state index contributed by atoms with van der Waals surface area (Å²) >= 11 is 0. The van der Waals surface area contributed by atoms with Crippen molar-refractivity contribution in [1.29, 1.82) is 0 Å². The standard InChI is InChI=1S/C15H24N4O2.C2HF3O2/c1-17-10-12(9-16-17)11-18-6-5-14-13(18)3-4-15(20)19(14)7-8-21-2;3-2(4,5)1(6)7/h9-10,13-14H,3-8,11H2,1-2H3;(H,6,7)/t13-,14-;/m1./s1. The van der Waals surface area contributed by atoms with Crippen molar-refractivity contribution >= 4 is 11.9 Å². The molecule has 11 heteroatoms. The zero-order valence-corrected chi connectivity index (χ0v) is 15.9. The first-order valence-corrected chi connectivity index (χ1v) is 8.93. The number of halogens is 3. The van der Waals surface area contributed by atoms with Crippen LogP contribution >= 0.6 is 0 Å². The van der Waals surface area contributed by atoms with Gasteiger partial charge in [0.25, 0.3) is 0 Å². The highest BCUT2D eigenvalue weighted by Gasteiger charge is 2.42. The number of nitrogens with zero attached hydrogens (tertiary/aromatic N) is 4. The van der Waals surface area contributed by atoms with E-state index >= 15 is 0 Å². The number of aromatic nitrogens is 2. The number of carboxylic acids is 1. The van der Waals surface area contributed by atoms with Crippen LogP contribution in [-0.4, -0.2) is 81.6 Å². The van der Waals surface area contributed by atoms with E-state index in [0.29, 0.717) is 25.1 Å². The first-order chi connectivity index (χ1) is 13.1. The molecule has 1 amide bonds. The lowest BCUT2D eigenvalue weighted by molar-refractivity contribution is -0.192. The number of likely N-dealkylation sites (tertiary alicyclic amines) is 2. The molecule has 2 aliphatic rings. The molecule has 0 aliphatic carbocycles. The van der Waals surface area contributed by atoms with Crippen LogP contribution in [0.4, 0.5) is 13.2 Å². The van der Waals surface area contributed by atoms with Gasteiger partial charge < -0.3 is 14.7 Å². The van der Waals surface area contributed by atoms with E-state index < -0.39 is 12.1 Å². The minimum Gasteiger partial charge on any atom is -0.475 e. The monoisotopic (exact) mass is 406 g/mol. The van der Waals surface area contributed by atoms with Crippen LogP contribution in [0.5, 0.6) is 0 Å². The van der Waals surface area contributed by atoms with E-state index in [-0.39, 0.29) is 5.91 Å². The lowest BCUT2D eigenvalue weighted by atomic mass is 9.96. The number of carbonyl (C=O) groups excluding carboxylic acids is 1. The largest absolute Gasteiger partial charge is 0.490 e. The number of aliphatic carboxylic acids is 1. The van der Waals surface area contributed by atoms with Crippen LogP contribution in [-0.2, 0) is 27.9 Å². The van der Waals surface area contributed by atoms with E-state index in [4.69, 9.17) is 14.6 Å². The van der Waals surface area contributed by atoms with Crippen molar-refractivity contribution in [3.8, 4) is 0 Å². The molecule has 0 radical (unpaired) electrons. The third-order valence-corrected chi connectivity index (χ3v) is 4.92. The van der Waals surface area contributed by atoms with Crippen molar-refractivity contribution in [1.82, 2.24) is 19.6 Å². The molecule has 3 heterocycles. The minimum absolute atomic E-state index is 0.288. The van der Waals surface area contributed by atoms with Gasteiger partial charge in [-0.3, -0.25) is 14.4 Å². The topological polar surface area (TPSA) is 87.9 Å². The van der Waals surface area contributed by atoms with E-state index in [2.05, 4.69) is 16.2 Å². The quantitative estimate of drug-likeness (QED) is 0.792. The number of ether oxygens (including phenoxy) is 1. The van der Waals surface area contributed by atoms with Gasteiger partial charge in [0.15, 0.2) is 0 Å². The van der Waals surface area contributed by atoms with E-state index in [1.165, 1.54) is 5.56 Å². The van der Waals surface area contributed by atoms with Crippen LogP contribution in [0.25, 0.3) is 0 Å². The van der Waals surface area contributed by atoms with Gasteiger partial charge in [-0.05, 0) is 12.8 Å². The number of hydrogen-bond acceptors (Lipinski definition) is 5. The highest BCUT2D eigenvalue weighted by atomic mass is 19.4. The fourth-order valence-corrected chi connectivity index (χ4v) is 3.70. The van der Waals surface area contributed by atoms with Gasteiger partial charge in [-0.15, -0.1) is 0 Å². The van der Waals surface area contributed by atoms with Crippen LogP contribution in [0.3, 0.4) is 0 Å². The molecule has 2 saturated heterocycles. The highest BCUT2D eigenvalue weighted by molar-refractivity contribution is 5.77. The SMILES string of the molecule is COCCN1C(=O)CC[C@@H]2[C@H]1CCN2Cc1cnn(C)c1.O=C(O)C(F)(F)F. The Labute approximate surface area is 160 Å². The number of fused-ring (bicyclic) bond motifs is 1. The summed E-state index contributed by atoms with van der Waals surface area (Å²) in [5.74, 6) is -2.47. The summed E-state index contributed by atoms with van der Waals surface area (Å²) in [7, 11) is 3.64. The lowest BCUT2D eigenvalue weighted by Crippen LogP contribution is -2.52. The summed E-state index contributed by atoms with van der Waals surface area (Å²) in [5.41, 5.74) is 1.25. The Kier molecular flexibility index (Phi) is 7.41. The van der Waals surface area contributed by atoms with Crippen LogP contribution in [0.2, 0.25) is 0 Å². The molecule has 8 nitrogen and oxygen atoms in total. The van der Waals surface area contributed by atoms with Crippen molar-refractivity contribution in [3.05, 3.63) is 18.0 Å². The Balaban J connectivity index is 0.000000345. The van der Waals surface area contributed by atoms with Crippen molar-refractivity contribution in [2.24, 2.45) is 7.05 Å². The number of piperidine rings is 1. The average molecular weight is 406 g/mol. The van der Waals surface area contributed by atoms with Gasteiger partial charge in [0.05, 0.1) is 12.8 Å². The van der Waals surface area contributed by atoms with Crippen LogP contribution in [0.1, 0.15) is 24.8 Å². The number of aryl methyl sites for hydroxylation is 1. The predicted octanol–water partition coefficient (Wildman–Crippen LogP) is 1.27. The number of rotatable bonds is 5. The van der Waals surface area contributed by atoms with Crippen molar-refractivity contribution in [3.63, 3.8) is 0 Å². The number of alkyl halides is 3. The summed E-state index contributed by atoms with van der Waals surface area (Å²) < 4.78 is 38.7. The number of methoxy groups -OCH3 is 1. The highest BCUT2D eigenvalue weighted by Crippen LogP contribution is 2.32. The zero-order chi connectivity index (χ0) is 20.9. The average Bonchev–Trinajstić information content (AvgIpc) is 3.20. The molecule has 28 heavy (non-hydrogen) atoms. The maximum atomic E-state index is 12.1. The fraction of sp³-hybridized carbons (Fsp3) is 0.706. The maximum Gasteiger partial charge on any atom is 0.490 e. The van der Waals surface area contributed by atoms with Gasteiger partial charge in [0, 0.05) is 64.1 Å². The second kappa shape index (κ2) is 9.37. The molecule has 0 unspecified atom stereocenters. The maximum absolute atomic E-state index is 12.1. The van der Waals surface area contributed by atoms with Crippen molar-refractivity contribution in [2.75, 3.05) is 26.8 Å². The van der Waals surface area contributed by atoms with Gasteiger partial charge in [0.1, 0.15) is 0 Å². The zero-order valence-electron chi connectivity index (χ0n) is 15.9. The Morgan fingerprint density at radius 1 is 1.36 bits per heavy atom. The molecule has 0 spiro atoms. The van der Waals surface area contributed by atoms with E-state index in [9.17, 15) is 18.0 Å². The van der Waals surface area contributed by atoms with Crippen LogP contribution < -0.4 is 0 Å². The molecule has 1 aromatic heterocycles. The molecule has 2 fully saturated rings. The summed E-state index contributed by atoms with van der Waals surface area (Å²) in [6.45, 7) is 3.33. The number of hydrogen-bond donors (Lipinski definition) is 1. The molecule has 1 N–H and O–H groups in total. The molecular weight excluding hydrogens is 381 g/mol. The summed E-state index contributed by atoms with van der Waals surface area (Å²) in [5, 5.41) is 11.4. The number of carbonyl (C=O) groups is 2. The number of amides is 1. The van der Waals surface area contributed by atoms with Crippen LogP contribution in [0.15, 0.2) is 12.4 Å². The normalized spacial score (nSPS) is 22.6. The molecule has 2 aliphatic heterocycles. The van der Waals surface area contributed by atoms with Gasteiger partial charge in [-0.25, -0.2) is 4.79 Å². The smallest absolute Gasteiger partial charge is 0.475 e. The van der Waals surface area contributed by atoms with Gasteiger partial charge in [0.2, 0.25) is 5.91 Å². The van der Waals surface area contributed by atoms with Gasteiger partial charge in [-0.1, -0.05) is 0 Å². The third kappa shape index (κ3) is 5.68. The van der Waals surface area contributed by atoms with Crippen molar-refractivity contribution < 1.29 is 32.6 Å². The molecule has 3 rings (SSSR count). The van der Waals surface area contributed by atoms with Crippen LogP contribution in [0, 0.1) is 0 Å². The van der Waals surface area contributed by atoms with E-state index in [1.807, 2.05) is 22.8 Å². The first kappa shape index (κ1) is 22.2. The second-order valence-electron chi connectivity index (χ2n) is 6.84. The molecule has 0 aromatic carbocycles. The summed E-state index contributed by atoms with van der Waals surface area (Å²) in [6, 6.07) is 0.845. The Morgan fingerprint density at radius 3 is 2.57 bits per heavy atom. The Morgan fingerprint density at radius 2 is 2.04 bits per heavy atom. The fourth-order valence-electron chi connectivity index (χ4n) is 3.70.